The molecular weight excluding hydrogens is 182 g/mol. The molecule has 70 valence electrons. The molecule has 1 amide bonds. The zero-order chi connectivity index (χ0) is 9.56. The van der Waals surface area contributed by atoms with Crippen molar-refractivity contribution >= 4 is 23.3 Å². The van der Waals surface area contributed by atoms with Gasteiger partial charge in [0, 0.05) is 14.0 Å². The summed E-state index contributed by atoms with van der Waals surface area (Å²) in [5, 5.41) is 2.47. The van der Waals surface area contributed by atoms with Crippen LogP contribution in [0, 0.1) is 0 Å². The van der Waals surface area contributed by atoms with Gasteiger partial charge in [0.05, 0.1) is 12.4 Å². The summed E-state index contributed by atoms with van der Waals surface area (Å²) in [6.45, 7) is 1.55. The van der Waals surface area contributed by atoms with Crippen LogP contribution in [0.3, 0.4) is 0 Å². The first-order valence-corrected chi connectivity index (χ1v) is 4.01. The number of ketones is 1. The SMILES string of the molecule is COC(CNC(C)=O)C(=O)CCl. The van der Waals surface area contributed by atoms with E-state index in [-0.39, 0.29) is 24.1 Å². The Bertz CT molecular complexity index is 172. The Hall–Kier alpha value is -0.610. The van der Waals surface area contributed by atoms with Crippen LogP contribution in [0.5, 0.6) is 0 Å². The number of halogens is 1. The molecule has 0 fully saturated rings. The molecule has 1 N–H and O–H groups in total. The van der Waals surface area contributed by atoms with Gasteiger partial charge in [-0.2, -0.15) is 0 Å². The monoisotopic (exact) mass is 193 g/mol. The summed E-state index contributed by atoms with van der Waals surface area (Å²) in [7, 11) is 1.40. The van der Waals surface area contributed by atoms with Crippen LogP contribution in [0.15, 0.2) is 0 Å². The number of rotatable bonds is 5. The Morgan fingerprint density at radius 3 is 2.50 bits per heavy atom. The van der Waals surface area contributed by atoms with Crippen molar-refractivity contribution in [1.82, 2.24) is 5.32 Å². The second-order valence-corrected chi connectivity index (χ2v) is 2.53. The lowest BCUT2D eigenvalue weighted by atomic mass is 10.2. The van der Waals surface area contributed by atoms with Crippen LogP contribution in [-0.4, -0.2) is 37.3 Å². The molecule has 0 bridgehead atoms. The van der Waals surface area contributed by atoms with E-state index in [2.05, 4.69) is 5.32 Å². The van der Waals surface area contributed by atoms with Gasteiger partial charge in [-0.3, -0.25) is 9.59 Å². The molecule has 1 unspecified atom stereocenters. The van der Waals surface area contributed by atoms with Gasteiger partial charge >= 0.3 is 0 Å². The van der Waals surface area contributed by atoms with Gasteiger partial charge in [-0.05, 0) is 0 Å². The summed E-state index contributed by atoms with van der Waals surface area (Å²) in [5.41, 5.74) is 0. The van der Waals surface area contributed by atoms with E-state index in [0.29, 0.717) is 0 Å². The number of Topliss-reactive ketones (excluding diaryl/α,β-unsaturated/α-hetero) is 1. The Labute approximate surface area is 76.2 Å². The van der Waals surface area contributed by atoms with Crippen molar-refractivity contribution in [3.05, 3.63) is 0 Å². The minimum absolute atomic E-state index is 0.0991. The molecule has 0 aliphatic rings. The molecule has 0 spiro atoms. The molecule has 0 aromatic rings. The molecule has 0 heterocycles. The van der Waals surface area contributed by atoms with Gasteiger partial charge in [0.15, 0.2) is 5.78 Å². The van der Waals surface area contributed by atoms with Gasteiger partial charge in [-0.1, -0.05) is 0 Å². The van der Waals surface area contributed by atoms with E-state index in [4.69, 9.17) is 16.3 Å². The van der Waals surface area contributed by atoms with E-state index in [9.17, 15) is 9.59 Å². The maximum atomic E-state index is 10.9. The Kier molecular flexibility index (Phi) is 5.66. The maximum Gasteiger partial charge on any atom is 0.216 e. The van der Waals surface area contributed by atoms with Crippen molar-refractivity contribution in [2.45, 2.75) is 13.0 Å². The van der Waals surface area contributed by atoms with Crippen LogP contribution in [0.2, 0.25) is 0 Å². The van der Waals surface area contributed by atoms with Crippen LogP contribution < -0.4 is 5.32 Å². The number of carbonyl (C=O) groups is 2. The molecule has 0 rings (SSSR count). The molecule has 0 aromatic carbocycles. The number of hydrogen-bond acceptors (Lipinski definition) is 3. The minimum Gasteiger partial charge on any atom is -0.372 e. The van der Waals surface area contributed by atoms with E-state index in [1.807, 2.05) is 0 Å². The molecule has 0 saturated carbocycles. The van der Waals surface area contributed by atoms with Crippen LogP contribution >= 0.6 is 11.6 Å². The first kappa shape index (κ1) is 11.4. The average Bonchev–Trinajstić information content (AvgIpc) is 2.04. The second-order valence-electron chi connectivity index (χ2n) is 2.26. The number of nitrogens with one attached hydrogen (secondary N) is 1. The van der Waals surface area contributed by atoms with Gasteiger partial charge in [0.25, 0.3) is 0 Å². The molecule has 5 heteroatoms. The van der Waals surface area contributed by atoms with Gasteiger partial charge < -0.3 is 10.1 Å². The molecule has 0 aliphatic heterocycles. The van der Waals surface area contributed by atoms with Crippen molar-refractivity contribution < 1.29 is 14.3 Å². The first-order valence-electron chi connectivity index (χ1n) is 3.47. The van der Waals surface area contributed by atoms with Gasteiger partial charge in [-0.15, -0.1) is 11.6 Å². The van der Waals surface area contributed by atoms with E-state index < -0.39 is 6.10 Å². The fourth-order valence-electron chi connectivity index (χ4n) is 0.651. The number of ether oxygens (including phenoxy) is 1. The highest BCUT2D eigenvalue weighted by Gasteiger charge is 2.16. The highest BCUT2D eigenvalue weighted by Crippen LogP contribution is 1.92. The fourth-order valence-corrected chi connectivity index (χ4v) is 0.823. The van der Waals surface area contributed by atoms with E-state index in [0.717, 1.165) is 0 Å². The van der Waals surface area contributed by atoms with Crippen molar-refractivity contribution in [3.8, 4) is 0 Å². The third-order valence-corrected chi connectivity index (χ3v) is 1.58. The van der Waals surface area contributed by atoms with E-state index in [1.165, 1.54) is 14.0 Å². The number of methoxy groups -OCH3 is 1. The predicted molar refractivity (Wildman–Crippen MR) is 45.2 cm³/mol. The van der Waals surface area contributed by atoms with Crippen LogP contribution in [0.1, 0.15) is 6.92 Å². The summed E-state index contributed by atoms with van der Waals surface area (Å²) in [6.07, 6.45) is -0.633. The van der Waals surface area contributed by atoms with Crippen molar-refractivity contribution in [1.29, 1.82) is 0 Å². The highest BCUT2D eigenvalue weighted by atomic mass is 35.5. The standard InChI is InChI=1S/C7H12ClNO3/c1-5(10)9-4-7(12-2)6(11)3-8/h7H,3-4H2,1-2H3,(H,9,10). The summed E-state index contributed by atoms with van der Waals surface area (Å²) in [5.74, 6) is -0.523. The Balaban J connectivity index is 3.83. The molecule has 4 nitrogen and oxygen atoms in total. The average molecular weight is 194 g/mol. The Morgan fingerprint density at radius 2 is 2.17 bits per heavy atom. The summed E-state index contributed by atoms with van der Waals surface area (Å²) >= 11 is 5.30. The summed E-state index contributed by atoms with van der Waals surface area (Å²) < 4.78 is 4.80. The lowest BCUT2D eigenvalue weighted by molar-refractivity contribution is -0.127. The molecule has 0 aliphatic carbocycles. The highest BCUT2D eigenvalue weighted by molar-refractivity contribution is 6.28. The lowest BCUT2D eigenvalue weighted by Gasteiger charge is -2.12. The fraction of sp³-hybridized carbons (Fsp3) is 0.714. The number of hydrogen-bond donors (Lipinski definition) is 1. The normalized spacial score (nSPS) is 12.2. The predicted octanol–water partition coefficient (Wildman–Crippen LogP) is -0.0546. The van der Waals surface area contributed by atoms with Gasteiger partial charge in [-0.25, -0.2) is 0 Å². The molecule has 1 atom stereocenters. The molecule has 0 aromatic heterocycles. The molecule has 0 radical (unpaired) electrons. The first-order chi connectivity index (χ1) is 5.61. The van der Waals surface area contributed by atoms with Crippen LogP contribution in [0.25, 0.3) is 0 Å². The van der Waals surface area contributed by atoms with Gasteiger partial charge in [0.1, 0.15) is 6.10 Å². The number of alkyl halides is 1. The number of carbonyl (C=O) groups excluding carboxylic acids is 2. The molecular formula is C7H12ClNO3. The van der Waals surface area contributed by atoms with Crippen molar-refractivity contribution in [2.24, 2.45) is 0 Å². The number of amides is 1. The van der Waals surface area contributed by atoms with Crippen molar-refractivity contribution in [2.75, 3.05) is 19.5 Å². The van der Waals surface area contributed by atoms with Gasteiger partial charge in [0.2, 0.25) is 5.91 Å². The van der Waals surface area contributed by atoms with Crippen molar-refractivity contribution in [3.63, 3.8) is 0 Å². The molecule has 0 saturated heterocycles. The zero-order valence-corrected chi connectivity index (χ0v) is 7.85. The molecule has 12 heavy (non-hydrogen) atoms. The van der Waals surface area contributed by atoms with E-state index in [1.54, 1.807) is 0 Å². The Morgan fingerprint density at radius 1 is 1.58 bits per heavy atom. The zero-order valence-electron chi connectivity index (χ0n) is 7.09. The summed E-state index contributed by atoms with van der Waals surface area (Å²) in [4.78, 5) is 21.4. The smallest absolute Gasteiger partial charge is 0.216 e. The van der Waals surface area contributed by atoms with Crippen LogP contribution in [0.4, 0.5) is 0 Å². The van der Waals surface area contributed by atoms with Crippen LogP contribution in [-0.2, 0) is 14.3 Å². The third-order valence-electron chi connectivity index (χ3n) is 1.31. The maximum absolute atomic E-state index is 10.9. The quantitative estimate of drug-likeness (QED) is 0.623. The van der Waals surface area contributed by atoms with E-state index >= 15 is 0 Å². The topological polar surface area (TPSA) is 55.4 Å². The largest absolute Gasteiger partial charge is 0.372 e. The lowest BCUT2D eigenvalue weighted by Crippen LogP contribution is -2.37. The summed E-state index contributed by atoms with van der Waals surface area (Å²) in [6, 6.07) is 0. The second kappa shape index (κ2) is 5.97. The third kappa shape index (κ3) is 4.31. The minimum atomic E-state index is -0.633.